The molecule has 1 N–H and O–H groups in total. The maximum absolute atomic E-state index is 12.2. The number of carbonyl (C=O) groups excluding carboxylic acids is 1. The number of nitrogens with one attached hydrogen (secondary N) is 1. The molecule has 3 nitrogen and oxygen atoms in total. The van der Waals surface area contributed by atoms with E-state index < -0.39 is 0 Å². The maximum Gasteiger partial charge on any atom is 0.236 e. The first-order valence-corrected chi connectivity index (χ1v) is 7.36. The molecular formula is C18H22N2O. The van der Waals surface area contributed by atoms with Crippen LogP contribution in [-0.2, 0) is 17.9 Å². The second-order valence-electron chi connectivity index (χ2n) is 4.98. The summed E-state index contributed by atoms with van der Waals surface area (Å²) in [5.41, 5.74) is 2.35. The summed E-state index contributed by atoms with van der Waals surface area (Å²) < 4.78 is 0. The van der Waals surface area contributed by atoms with Gasteiger partial charge in [-0.15, -0.1) is 0 Å². The highest BCUT2D eigenvalue weighted by atomic mass is 16.2. The van der Waals surface area contributed by atoms with Crippen molar-refractivity contribution in [3.63, 3.8) is 0 Å². The third kappa shape index (κ3) is 5.04. The van der Waals surface area contributed by atoms with E-state index in [-0.39, 0.29) is 5.91 Å². The molecule has 0 aliphatic carbocycles. The highest BCUT2D eigenvalue weighted by Gasteiger charge is 2.11. The Morgan fingerprint density at radius 1 is 0.952 bits per heavy atom. The van der Waals surface area contributed by atoms with E-state index in [1.54, 1.807) is 0 Å². The van der Waals surface area contributed by atoms with E-state index in [1.807, 2.05) is 60.4 Å². The fraction of sp³-hybridized carbons (Fsp3) is 0.278. The molecule has 0 aliphatic rings. The SMILES string of the molecule is CCN(Cc1ccccc1)C(=O)CNCc1ccccc1. The summed E-state index contributed by atoms with van der Waals surface area (Å²) in [5, 5.41) is 3.21. The topological polar surface area (TPSA) is 32.3 Å². The number of hydrogen-bond acceptors (Lipinski definition) is 2. The molecule has 0 fully saturated rings. The fourth-order valence-corrected chi connectivity index (χ4v) is 2.20. The van der Waals surface area contributed by atoms with Gasteiger partial charge in [0.25, 0.3) is 0 Å². The predicted molar refractivity (Wildman–Crippen MR) is 85.7 cm³/mol. The van der Waals surface area contributed by atoms with Crippen LogP contribution in [0, 0.1) is 0 Å². The quantitative estimate of drug-likeness (QED) is 0.847. The molecule has 0 radical (unpaired) electrons. The number of nitrogens with zero attached hydrogens (tertiary/aromatic N) is 1. The molecule has 2 aromatic carbocycles. The molecule has 2 rings (SSSR count). The molecule has 110 valence electrons. The normalized spacial score (nSPS) is 10.3. The first kappa shape index (κ1) is 15.3. The van der Waals surface area contributed by atoms with E-state index in [2.05, 4.69) is 17.4 Å². The van der Waals surface area contributed by atoms with Crippen LogP contribution in [0.1, 0.15) is 18.1 Å². The summed E-state index contributed by atoms with van der Waals surface area (Å²) >= 11 is 0. The molecule has 0 saturated carbocycles. The van der Waals surface area contributed by atoms with Gasteiger partial charge in [0.1, 0.15) is 0 Å². The average molecular weight is 282 g/mol. The minimum absolute atomic E-state index is 0.136. The number of likely N-dealkylation sites (N-methyl/N-ethyl adjacent to an activating group) is 1. The highest BCUT2D eigenvalue weighted by Crippen LogP contribution is 2.04. The molecule has 0 bridgehead atoms. The first-order chi connectivity index (χ1) is 10.3. The molecule has 0 saturated heterocycles. The van der Waals surface area contributed by atoms with Gasteiger partial charge in [0.15, 0.2) is 0 Å². The second-order valence-corrected chi connectivity index (χ2v) is 4.98. The van der Waals surface area contributed by atoms with Crippen molar-refractivity contribution in [1.82, 2.24) is 10.2 Å². The van der Waals surface area contributed by atoms with E-state index in [9.17, 15) is 4.79 Å². The zero-order valence-corrected chi connectivity index (χ0v) is 12.5. The van der Waals surface area contributed by atoms with Crippen LogP contribution in [0.4, 0.5) is 0 Å². The average Bonchev–Trinajstić information content (AvgIpc) is 2.54. The summed E-state index contributed by atoms with van der Waals surface area (Å²) in [6.07, 6.45) is 0. The molecule has 0 spiro atoms. The van der Waals surface area contributed by atoms with Crippen LogP contribution < -0.4 is 5.32 Å². The van der Waals surface area contributed by atoms with Gasteiger partial charge in [-0.1, -0.05) is 60.7 Å². The molecule has 1 amide bonds. The smallest absolute Gasteiger partial charge is 0.236 e. The lowest BCUT2D eigenvalue weighted by molar-refractivity contribution is -0.130. The van der Waals surface area contributed by atoms with Gasteiger partial charge in [-0.25, -0.2) is 0 Å². The van der Waals surface area contributed by atoms with Crippen LogP contribution in [0.2, 0.25) is 0 Å². The Balaban J connectivity index is 1.80. The van der Waals surface area contributed by atoms with Crippen LogP contribution in [0.5, 0.6) is 0 Å². The van der Waals surface area contributed by atoms with E-state index in [1.165, 1.54) is 5.56 Å². The Morgan fingerprint density at radius 2 is 1.52 bits per heavy atom. The first-order valence-electron chi connectivity index (χ1n) is 7.36. The van der Waals surface area contributed by atoms with Crippen molar-refractivity contribution in [2.75, 3.05) is 13.1 Å². The zero-order chi connectivity index (χ0) is 14.9. The van der Waals surface area contributed by atoms with E-state index >= 15 is 0 Å². The Labute approximate surface area is 126 Å². The molecule has 3 heteroatoms. The third-order valence-corrected chi connectivity index (χ3v) is 3.40. The minimum atomic E-state index is 0.136. The van der Waals surface area contributed by atoms with E-state index in [4.69, 9.17) is 0 Å². The van der Waals surface area contributed by atoms with Crippen molar-refractivity contribution < 1.29 is 4.79 Å². The number of carbonyl (C=O) groups is 1. The highest BCUT2D eigenvalue weighted by molar-refractivity contribution is 5.78. The molecule has 2 aromatic rings. The van der Waals surface area contributed by atoms with Gasteiger partial charge in [-0.05, 0) is 18.1 Å². The van der Waals surface area contributed by atoms with Gasteiger partial charge in [0.2, 0.25) is 5.91 Å². The lowest BCUT2D eigenvalue weighted by Crippen LogP contribution is -2.37. The van der Waals surface area contributed by atoms with Gasteiger partial charge in [0, 0.05) is 19.6 Å². The molecule has 21 heavy (non-hydrogen) atoms. The van der Waals surface area contributed by atoms with Crippen molar-refractivity contribution in [3.05, 3.63) is 71.8 Å². The fourth-order valence-electron chi connectivity index (χ4n) is 2.20. The van der Waals surface area contributed by atoms with Crippen molar-refractivity contribution in [2.24, 2.45) is 0 Å². The summed E-state index contributed by atoms with van der Waals surface area (Å²) in [5.74, 6) is 0.136. The number of amides is 1. The zero-order valence-electron chi connectivity index (χ0n) is 12.5. The Kier molecular flexibility index (Phi) is 5.98. The maximum atomic E-state index is 12.2. The standard InChI is InChI=1S/C18H22N2O/c1-2-20(15-17-11-7-4-8-12-17)18(21)14-19-13-16-9-5-3-6-10-16/h3-12,19H,2,13-15H2,1H3. The van der Waals surface area contributed by atoms with Crippen molar-refractivity contribution >= 4 is 5.91 Å². The Hall–Kier alpha value is -2.13. The van der Waals surface area contributed by atoms with Crippen molar-refractivity contribution in [3.8, 4) is 0 Å². The largest absolute Gasteiger partial charge is 0.338 e. The molecule has 0 heterocycles. The molecule has 0 unspecified atom stereocenters. The third-order valence-electron chi connectivity index (χ3n) is 3.40. The van der Waals surface area contributed by atoms with Crippen LogP contribution in [0.15, 0.2) is 60.7 Å². The second kappa shape index (κ2) is 8.22. The van der Waals surface area contributed by atoms with Gasteiger partial charge >= 0.3 is 0 Å². The molecule has 0 aromatic heterocycles. The van der Waals surface area contributed by atoms with E-state index in [0.717, 1.165) is 18.7 Å². The lowest BCUT2D eigenvalue weighted by atomic mass is 10.2. The molecule has 0 atom stereocenters. The van der Waals surface area contributed by atoms with Crippen LogP contribution in [0.3, 0.4) is 0 Å². The van der Waals surface area contributed by atoms with Gasteiger partial charge in [-0.2, -0.15) is 0 Å². The Morgan fingerprint density at radius 3 is 2.10 bits per heavy atom. The number of hydrogen-bond donors (Lipinski definition) is 1. The molecule has 0 aliphatic heterocycles. The Bertz CT molecular complexity index is 540. The number of benzene rings is 2. The van der Waals surface area contributed by atoms with Crippen LogP contribution in [-0.4, -0.2) is 23.9 Å². The van der Waals surface area contributed by atoms with Gasteiger partial charge < -0.3 is 10.2 Å². The summed E-state index contributed by atoms with van der Waals surface area (Å²) in [7, 11) is 0. The van der Waals surface area contributed by atoms with Gasteiger partial charge in [0.05, 0.1) is 6.54 Å². The van der Waals surface area contributed by atoms with E-state index in [0.29, 0.717) is 13.1 Å². The van der Waals surface area contributed by atoms with Crippen molar-refractivity contribution in [1.29, 1.82) is 0 Å². The van der Waals surface area contributed by atoms with Crippen molar-refractivity contribution in [2.45, 2.75) is 20.0 Å². The van der Waals surface area contributed by atoms with Gasteiger partial charge in [-0.3, -0.25) is 4.79 Å². The van der Waals surface area contributed by atoms with Crippen LogP contribution >= 0.6 is 0 Å². The minimum Gasteiger partial charge on any atom is -0.338 e. The monoisotopic (exact) mass is 282 g/mol. The summed E-state index contributed by atoms with van der Waals surface area (Å²) in [6, 6.07) is 20.2. The number of rotatable bonds is 7. The van der Waals surface area contributed by atoms with Crippen LogP contribution in [0.25, 0.3) is 0 Å². The molecular weight excluding hydrogens is 260 g/mol. The predicted octanol–water partition coefficient (Wildman–Crippen LogP) is 2.82. The summed E-state index contributed by atoms with van der Waals surface area (Å²) in [6.45, 7) is 4.49. The lowest BCUT2D eigenvalue weighted by Gasteiger charge is -2.21. The summed E-state index contributed by atoms with van der Waals surface area (Å²) in [4.78, 5) is 14.1.